The average Bonchev–Trinajstić information content (AvgIpc) is 3.73. The molecule has 0 bridgehead atoms. The second kappa shape index (κ2) is 10.7. The van der Waals surface area contributed by atoms with Crippen molar-refractivity contribution in [1.82, 2.24) is 0 Å². The minimum atomic E-state index is -1.20. The number of carbonyl (C=O) groups excluding carboxylic acids is 1. The number of hydrogen-bond donors (Lipinski definition) is 1. The molecule has 200 valence electrons. The van der Waals surface area contributed by atoms with Gasteiger partial charge in [-0.1, -0.05) is 18.2 Å². The molecule has 37 heavy (non-hydrogen) atoms. The number of rotatable bonds is 6. The SMILES string of the molecule is CC(O)C1CCC(c2ccc(C(=O)OC3CCC(c4ccc(C5CO5)c(F)c4F)CC3)c(F)c2F)CC1. The largest absolute Gasteiger partial charge is 0.459 e. The summed E-state index contributed by atoms with van der Waals surface area (Å²) >= 11 is 0. The van der Waals surface area contributed by atoms with Crippen molar-refractivity contribution in [2.75, 3.05) is 6.61 Å². The highest BCUT2D eigenvalue weighted by atomic mass is 19.2. The van der Waals surface area contributed by atoms with Crippen LogP contribution in [0.15, 0.2) is 24.3 Å². The predicted octanol–water partition coefficient (Wildman–Crippen LogP) is 6.85. The Labute approximate surface area is 214 Å². The average molecular weight is 521 g/mol. The Hall–Kier alpha value is -2.45. The number of aliphatic hydroxyl groups excluding tert-OH is 1. The van der Waals surface area contributed by atoms with Crippen LogP contribution in [0.2, 0.25) is 0 Å². The third kappa shape index (κ3) is 5.41. The minimum Gasteiger partial charge on any atom is -0.459 e. The summed E-state index contributed by atoms with van der Waals surface area (Å²) in [6.45, 7) is 2.14. The summed E-state index contributed by atoms with van der Waals surface area (Å²) in [7, 11) is 0. The van der Waals surface area contributed by atoms with Gasteiger partial charge in [-0.3, -0.25) is 0 Å². The van der Waals surface area contributed by atoms with Crippen molar-refractivity contribution in [3.8, 4) is 0 Å². The fraction of sp³-hybridized carbons (Fsp3) is 0.552. The van der Waals surface area contributed by atoms with Crippen molar-refractivity contribution in [3.05, 3.63) is 69.8 Å². The summed E-state index contributed by atoms with van der Waals surface area (Å²) in [5.74, 6) is -5.06. The van der Waals surface area contributed by atoms with Gasteiger partial charge in [-0.2, -0.15) is 0 Å². The maximum atomic E-state index is 14.9. The molecule has 1 N–H and O–H groups in total. The molecule has 8 heteroatoms. The van der Waals surface area contributed by atoms with E-state index in [4.69, 9.17) is 9.47 Å². The molecule has 1 aliphatic heterocycles. The zero-order chi connectivity index (χ0) is 26.3. The monoisotopic (exact) mass is 520 g/mol. The third-order valence-corrected chi connectivity index (χ3v) is 8.44. The number of ether oxygens (including phenoxy) is 2. The first kappa shape index (κ1) is 26.2. The zero-order valence-corrected chi connectivity index (χ0v) is 20.8. The van der Waals surface area contributed by atoms with Gasteiger partial charge in [0.1, 0.15) is 12.2 Å². The molecule has 2 saturated carbocycles. The van der Waals surface area contributed by atoms with Crippen LogP contribution in [-0.2, 0) is 9.47 Å². The van der Waals surface area contributed by atoms with E-state index in [1.807, 2.05) is 0 Å². The third-order valence-electron chi connectivity index (χ3n) is 8.44. The molecule has 0 radical (unpaired) electrons. The number of halogens is 4. The first-order chi connectivity index (χ1) is 17.7. The van der Waals surface area contributed by atoms with E-state index in [-0.39, 0.29) is 35.0 Å². The van der Waals surface area contributed by atoms with E-state index in [2.05, 4.69) is 0 Å². The van der Waals surface area contributed by atoms with E-state index in [1.165, 1.54) is 12.1 Å². The predicted molar refractivity (Wildman–Crippen MR) is 128 cm³/mol. The fourth-order valence-electron chi connectivity index (χ4n) is 6.03. The summed E-state index contributed by atoms with van der Waals surface area (Å²) in [6, 6.07) is 5.92. The number of esters is 1. The molecular weight excluding hydrogens is 488 g/mol. The van der Waals surface area contributed by atoms with Crippen molar-refractivity contribution >= 4 is 5.97 Å². The maximum Gasteiger partial charge on any atom is 0.341 e. The molecule has 0 spiro atoms. The van der Waals surface area contributed by atoms with Gasteiger partial charge in [0.05, 0.1) is 18.3 Å². The zero-order valence-electron chi connectivity index (χ0n) is 20.8. The Bertz CT molecular complexity index is 1150. The lowest BCUT2D eigenvalue weighted by Gasteiger charge is -2.31. The van der Waals surface area contributed by atoms with Crippen LogP contribution in [0, 0.1) is 29.2 Å². The van der Waals surface area contributed by atoms with Crippen molar-refractivity contribution < 1.29 is 36.9 Å². The highest BCUT2D eigenvalue weighted by molar-refractivity contribution is 5.90. The minimum absolute atomic E-state index is 0.152. The normalized spacial score (nSPS) is 28.5. The highest BCUT2D eigenvalue weighted by Gasteiger charge is 2.34. The van der Waals surface area contributed by atoms with Gasteiger partial charge in [0, 0.05) is 5.56 Å². The number of hydrogen-bond acceptors (Lipinski definition) is 4. The van der Waals surface area contributed by atoms with Crippen molar-refractivity contribution in [3.63, 3.8) is 0 Å². The second-order valence-electron chi connectivity index (χ2n) is 10.8. The fourth-order valence-corrected chi connectivity index (χ4v) is 6.03. The molecule has 2 atom stereocenters. The molecule has 4 nitrogen and oxygen atoms in total. The maximum absolute atomic E-state index is 14.9. The molecule has 3 fully saturated rings. The van der Waals surface area contributed by atoms with E-state index in [0.29, 0.717) is 50.7 Å². The highest BCUT2D eigenvalue weighted by Crippen LogP contribution is 2.41. The molecule has 0 amide bonds. The second-order valence-corrected chi connectivity index (χ2v) is 10.8. The van der Waals surface area contributed by atoms with Crippen LogP contribution < -0.4 is 0 Å². The Balaban J connectivity index is 1.19. The van der Waals surface area contributed by atoms with Crippen molar-refractivity contribution in [2.24, 2.45) is 5.92 Å². The van der Waals surface area contributed by atoms with Crippen LogP contribution in [0.3, 0.4) is 0 Å². The lowest BCUT2D eigenvalue weighted by Crippen LogP contribution is -2.25. The Morgan fingerprint density at radius 1 is 0.811 bits per heavy atom. The van der Waals surface area contributed by atoms with Gasteiger partial charge in [0.15, 0.2) is 23.3 Å². The molecule has 0 aromatic heterocycles. The molecule has 1 saturated heterocycles. The number of benzene rings is 2. The van der Waals surface area contributed by atoms with E-state index in [1.54, 1.807) is 19.1 Å². The number of aliphatic hydroxyl groups is 1. The van der Waals surface area contributed by atoms with Gasteiger partial charge in [0.25, 0.3) is 0 Å². The van der Waals surface area contributed by atoms with Crippen LogP contribution in [-0.4, -0.2) is 29.9 Å². The smallest absolute Gasteiger partial charge is 0.341 e. The molecule has 2 aromatic carbocycles. The quantitative estimate of drug-likeness (QED) is 0.257. The lowest BCUT2D eigenvalue weighted by atomic mass is 9.76. The van der Waals surface area contributed by atoms with Crippen LogP contribution in [0.25, 0.3) is 0 Å². The summed E-state index contributed by atoms with van der Waals surface area (Å²) in [5.41, 5.74) is 0.355. The summed E-state index contributed by atoms with van der Waals surface area (Å²) in [4.78, 5) is 12.7. The summed E-state index contributed by atoms with van der Waals surface area (Å²) in [6.07, 6.45) is 3.30. The Morgan fingerprint density at radius 2 is 1.30 bits per heavy atom. The van der Waals surface area contributed by atoms with Gasteiger partial charge in [-0.05, 0) is 93.2 Å². The molecule has 3 aliphatic rings. The lowest BCUT2D eigenvalue weighted by molar-refractivity contribution is 0.0188. The first-order valence-electron chi connectivity index (χ1n) is 13.2. The Morgan fingerprint density at radius 3 is 1.86 bits per heavy atom. The van der Waals surface area contributed by atoms with Gasteiger partial charge in [0.2, 0.25) is 0 Å². The molecule has 2 aliphatic carbocycles. The summed E-state index contributed by atoms with van der Waals surface area (Å²) < 4.78 is 69.4. The topological polar surface area (TPSA) is 59.1 Å². The van der Waals surface area contributed by atoms with E-state index in [9.17, 15) is 27.5 Å². The number of epoxide rings is 1. The molecule has 1 heterocycles. The van der Waals surface area contributed by atoms with Gasteiger partial charge in [-0.25, -0.2) is 22.4 Å². The molecular formula is C29H32F4O4. The molecule has 2 unspecified atom stereocenters. The van der Waals surface area contributed by atoms with Gasteiger partial charge >= 0.3 is 5.97 Å². The van der Waals surface area contributed by atoms with Crippen LogP contribution in [0.4, 0.5) is 17.6 Å². The summed E-state index contributed by atoms with van der Waals surface area (Å²) in [5, 5.41) is 9.77. The molecule has 5 rings (SSSR count). The van der Waals surface area contributed by atoms with Crippen molar-refractivity contribution in [1.29, 1.82) is 0 Å². The van der Waals surface area contributed by atoms with Crippen LogP contribution in [0.5, 0.6) is 0 Å². The van der Waals surface area contributed by atoms with E-state index in [0.717, 1.165) is 12.8 Å². The Kier molecular flexibility index (Phi) is 7.59. The van der Waals surface area contributed by atoms with Gasteiger partial charge < -0.3 is 14.6 Å². The first-order valence-corrected chi connectivity index (χ1v) is 13.2. The number of carbonyl (C=O) groups is 1. The van der Waals surface area contributed by atoms with Crippen LogP contribution >= 0.6 is 0 Å². The van der Waals surface area contributed by atoms with E-state index >= 15 is 0 Å². The van der Waals surface area contributed by atoms with Crippen molar-refractivity contribution in [2.45, 2.75) is 88.4 Å². The standard InChI is InChI=1S/C29H32F4O4/c1-15(34)16-2-4-17(5-3-16)21-11-13-23(28(33)26(21)31)29(35)37-19-8-6-18(7-9-19)20-10-12-22(24-14-36-24)27(32)25(20)30/h10-13,15-19,24,34H,2-9,14H2,1H3. The van der Waals surface area contributed by atoms with E-state index < -0.39 is 47.0 Å². The van der Waals surface area contributed by atoms with Gasteiger partial charge in [-0.15, -0.1) is 0 Å². The van der Waals surface area contributed by atoms with Crippen LogP contribution in [0.1, 0.15) is 103 Å². The molecule has 2 aromatic rings.